The van der Waals surface area contributed by atoms with E-state index in [1.54, 1.807) is 0 Å². The largest absolute Gasteiger partial charge is 0.310 e. The van der Waals surface area contributed by atoms with Gasteiger partial charge < -0.3 is 5.32 Å². The van der Waals surface area contributed by atoms with Gasteiger partial charge in [0.15, 0.2) is 0 Å². The molecule has 1 nitrogen and oxygen atoms in total. The van der Waals surface area contributed by atoms with Gasteiger partial charge in [-0.05, 0) is 48.8 Å². The first-order valence-corrected chi connectivity index (χ1v) is 7.48. The average Bonchev–Trinajstić information content (AvgIpc) is 2.69. The van der Waals surface area contributed by atoms with E-state index in [4.69, 9.17) is 11.6 Å². The van der Waals surface area contributed by atoms with E-state index >= 15 is 0 Å². The van der Waals surface area contributed by atoms with E-state index < -0.39 is 0 Å². The van der Waals surface area contributed by atoms with Crippen LogP contribution in [0.3, 0.4) is 0 Å². The highest BCUT2D eigenvalue weighted by Crippen LogP contribution is 2.34. The van der Waals surface area contributed by atoms with Crippen molar-refractivity contribution >= 4 is 11.6 Å². The van der Waals surface area contributed by atoms with Crippen molar-refractivity contribution < 1.29 is 0 Å². The molecule has 1 aromatic rings. The van der Waals surface area contributed by atoms with Gasteiger partial charge in [-0.15, -0.1) is 0 Å². The summed E-state index contributed by atoms with van der Waals surface area (Å²) in [5, 5.41) is 4.58. The summed E-state index contributed by atoms with van der Waals surface area (Å²) in [6.45, 7) is 7.66. The summed E-state index contributed by atoms with van der Waals surface area (Å²) < 4.78 is 0. The van der Waals surface area contributed by atoms with Crippen LogP contribution in [-0.4, -0.2) is 6.04 Å². The smallest absolute Gasteiger partial charge is 0.0453 e. The fourth-order valence-corrected chi connectivity index (χ4v) is 3.45. The minimum atomic E-state index is 0.660. The highest BCUT2D eigenvalue weighted by Gasteiger charge is 2.30. The van der Waals surface area contributed by atoms with Crippen LogP contribution in [0.2, 0.25) is 5.02 Å². The predicted octanol–water partition coefficient (Wildman–Crippen LogP) is 4.56. The summed E-state index contributed by atoms with van der Waals surface area (Å²) in [4.78, 5) is 0. The van der Waals surface area contributed by atoms with Gasteiger partial charge in [-0.3, -0.25) is 0 Å². The lowest BCUT2D eigenvalue weighted by Crippen LogP contribution is -2.32. The van der Waals surface area contributed by atoms with Crippen LogP contribution in [0.1, 0.15) is 44.2 Å². The monoisotopic (exact) mass is 265 g/mol. The van der Waals surface area contributed by atoms with Crippen molar-refractivity contribution in [3.63, 3.8) is 0 Å². The Kier molecular flexibility index (Phi) is 4.69. The summed E-state index contributed by atoms with van der Waals surface area (Å²) in [5.41, 5.74) is 2.44. The Balaban J connectivity index is 1.92. The Morgan fingerprint density at radius 3 is 2.72 bits per heavy atom. The minimum Gasteiger partial charge on any atom is -0.310 e. The summed E-state index contributed by atoms with van der Waals surface area (Å²) in [5.74, 6) is 1.69. The quantitative estimate of drug-likeness (QED) is 0.841. The zero-order valence-electron chi connectivity index (χ0n) is 11.7. The minimum absolute atomic E-state index is 0.660. The second-order valence-corrected chi connectivity index (χ2v) is 6.09. The van der Waals surface area contributed by atoms with Gasteiger partial charge in [0.25, 0.3) is 0 Å². The summed E-state index contributed by atoms with van der Waals surface area (Å²) in [6, 6.07) is 6.98. The number of benzene rings is 1. The van der Waals surface area contributed by atoms with Crippen molar-refractivity contribution in [2.24, 2.45) is 11.8 Å². The van der Waals surface area contributed by atoms with Gasteiger partial charge in [0.05, 0.1) is 0 Å². The molecule has 0 amide bonds. The van der Waals surface area contributed by atoms with Crippen molar-refractivity contribution in [1.29, 1.82) is 0 Å². The first-order chi connectivity index (χ1) is 8.61. The van der Waals surface area contributed by atoms with Crippen molar-refractivity contribution in [1.82, 2.24) is 5.32 Å². The summed E-state index contributed by atoms with van der Waals surface area (Å²) in [7, 11) is 0. The molecule has 0 saturated heterocycles. The van der Waals surface area contributed by atoms with Gasteiger partial charge in [0.2, 0.25) is 0 Å². The third-order valence-corrected chi connectivity index (χ3v) is 4.87. The Hall–Kier alpha value is -0.530. The van der Waals surface area contributed by atoms with E-state index in [9.17, 15) is 0 Å². The molecule has 0 aromatic heterocycles. The Morgan fingerprint density at radius 2 is 2.11 bits per heavy atom. The number of hydrogen-bond acceptors (Lipinski definition) is 1. The fourth-order valence-electron chi connectivity index (χ4n) is 3.15. The molecule has 1 aromatic carbocycles. The lowest BCUT2D eigenvalue weighted by Gasteiger charge is -2.21. The van der Waals surface area contributed by atoms with Gasteiger partial charge in [-0.1, -0.05) is 44.0 Å². The van der Waals surface area contributed by atoms with Gasteiger partial charge in [0.1, 0.15) is 0 Å². The Labute approximate surface area is 116 Å². The zero-order chi connectivity index (χ0) is 13.1. The molecule has 0 radical (unpaired) electrons. The van der Waals surface area contributed by atoms with Gasteiger partial charge >= 0.3 is 0 Å². The Morgan fingerprint density at radius 1 is 1.33 bits per heavy atom. The molecular weight excluding hydrogens is 242 g/mol. The van der Waals surface area contributed by atoms with Gasteiger partial charge in [-0.25, -0.2) is 0 Å². The average molecular weight is 266 g/mol. The molecule has 0 aliphatic heterocycles. The molecular formula is C16H24ClN. The second kappa shape index (κ2) is 6.08. The number of aryl methyl sites for hydroxylation is 1. The maximum Gasteiger partial charge on any atom is 0.0453 e. The van der Waals surface area contributed by atoms with E-state index in [0.29, 0.717) is 6.04 Å². The molecule has 100 valence electrons. The van der Waals surface area contributed by atoms with Gasteiger partial charge in [0, 0.05) is 17.6 Å². The Bertz CT molecular complexity index is 402. The van der Waals surface area contributed by atoms with Crippen molar-refractivity contribution in [2.75, 3.05) is 0 Å². The number of nitrogens with one attached hydrogen (secondary N) is 1. The zero-order valence-corrected chi connectivity index (χ0v) is 12.4. The fraction of sp³-hybridized carbons (Fsp3) is 0.625. The van der Waals surface area contributed by atoms with Crippen LogP contribution in [-0.2, 0) is 6.54 Å². The van der Waals surface area contributed by atoms with E-state index in [2.05, 4.69) is 38.2 Å². The maximum atomic E-state index is 6.27. The molecule has 0 spiro atoms. The highest BCUT2D eigenvalue weighted by atomic mass is 35.5. The van der Waals surface area contributed by atoms with Crippen LogP contribution in [0, 0.1) is 18.8 Å². The molecule has 1 aliphatic rings. The van der Waals surface area contributed by atoms with E-state index in [-0.39, 0.29) is 0 Å². The van der Waals surface area contributed by atoms with Crippen LogP contribution in [0.4, 0.5) is 0 Å². The third-order valence-electron chi connectivity index (χ3n) is 4.51. The molecule has 1 fully saturated rings. The maximum absolute atomic E-state index is 6.27. The molecule has 1 saturated carbocycles. The third kappa shape index (κ3) is 3.07. The number of hydrogen-bond donors (Lipinski definition) is 1. The van der Waals surface area contributed by atoms with Crippen LogP contribution in [0.15, 0.2) is 18.2 Å². The molecule has 18 heavy (non-hydrogen) atoms. The molecule has 1 aliphatic carbocycles. The highest BCUT2D eigenvalue weighted by molar-refractivity contribution is 6.31. The molecule has 2 heteroatoms. The normalized spacial score (nSPS) is 27.7. The van der Waals surface area contributed by atoms with Crippen LogP contribution in [0.5, 0.6) is 0 Å². The van der Waals surface area contributed by atoms with Gasteiger partial charge in [-0.2, -0.15) is 0 Å². The summed E-state index contributed by atoms with van der Waals surface area (Å²) in [6.07, 6.45) is 3.99. The first-order valence-electron chi connectivity index (χ1n) is 7.10. The van der Waals surface area contributed by atoms with Crippen molar-refractivity contribution in [2.45, 2.75) is 52.6 Å². The van der Waals surface area contributed by atoms with E-state index in [0.717, 1.165) is 23.4 Å². The lowest BCUT2D eigenvalue weighted by molar-refractivity contribution is 0.344. The predicted molar refractivity (Wildman–Crippen MR) is 79.0 cm³/mol. The van der Waals surface area contributed by atoms with Crippen molar-refractivity contribution in [3.05, 3.63) is 34.3 Å². The molecule has 3 atom stereocenters. The second-order valence-electron chi connectivity index (χ2n) is 5.69. The molecule has 3 unspecified atom stereocenters. The molecule has 1 N–H and O–H groups in total. The molecule has 0 bridgehead atoms. The molecule has 0 heterocycles. The van der Waals surface area contributed by atoms with E-state index in [1.165, 1.54) is 30.4 Å². The summed E-state index contributed by atoms with van der Waals surface area (Å²) >= 11 is 6.27. The van der Waals surface area contributed by atoms with Crippen LogP contribution < -0.4 is 5.32 Å². The standard InChI is InChI=1S/C16H24ClN/c1-4-13-7-8-16(12(13)3)18-10-14-6-5-11(2)9-15(14)17/h5-6,9,12-13,16,18H,4,7-8,10H2,1-3H3. The number of rotatable bonds is 4. The molecule has 2 rings (SSSR count). The SMILES string of the molecule is CCC1CCC(NCc2ccc(C)cc2Cl)C1C. The van der Waals surface area contributed by atoms with Crippen LogP contribution in [0.25, 0.3) is 0 Å². The van der Waals surface area contributed by atoms with Crippen molar-refractivity contribution in [3.8, 4) is 0 Å². The van der Waals surface area contributed by atoms with E-state index in [1.807, 2.05) is 6.07 Å². The topological polar surface area (TPSA) is 12.0 Å². The van der Waals surface area contributed by atoms with Crippen LogP contribution >= 0.6 is 11.6 Å². The lowest BCUT2D eigenvalue weighted by atomic mass is 9.93. The number of halogens is 1. The first kappa shape index (κ1) is 13.9.